The van der Waals surface area contributed by atoms with Crippen LogP contribution in [0.1, 0.15) is 37.5 Å². The number of carboxylic acid groups (broad SMARTS) is 1. The highest BCUT2D eigenvalue weighted by Crippen LogP contribution is 2.43. The lowest BCUT2D eigenvalue weighted by Crippen LogP contribution is -2.39. The molecule has 0 aliphatic rings. The summed E-state index contributed by atoms with van der Waals surface area (Å²) in [5, 5.41) is 22.5. The van der Waals surface area contributed by atoms with Gasteiger partial charge in [0.1, 0.15) is 11.0 Å². The van der Waals surface area contributed by atoms with Crippen molar-refractivity contribution in [1.82, 2.24) is 0 Å². The number of rotatable bonds is 6. The van der Waals surface area contributed by atoms with E-state index in [0.717, 1.165) is 0 Å². The van der Waals surface area contributed by atoms with Crippen LogP contribution in [0.15, 0.2) is 84.9 Å². The summed E-state index contributed by atoms with van der Waals surface area (Å²) < 4.78 is 0. The molecule has 0 spiro atoms. The highest BCUT2D eigenvalue weighted by molar-refractivity contribution is 5.91. The van der Waals surface area contributed by atoms with Crippen LogP contribution in [0.3, 0.4) is 0 Å². The first-order valence-corrected chi connectivity index (χ1v) is 9.35. The van der Waals surface area contributed by atoms with E-state index in [-0.39, 0.29) is 0 Å². The zero-order chi connectivity index (χ0) is 22.2. The van der Waals surface area contributed by atoms with E-state index in [9.17, 15) is 9.90 Å². The second kappa shape index (κ2) is 10.0. The van der Waals surface area contributed by atoms with Gasteiger partial charge in [-0.05, 0) is 38.0 Å². The Labute approximate surface area is 175 Å². The zero-order valence-corrected chi connectivity index (χ0v) is 17.1. The Bertz CT molecular complexity index is 893. The Morgan fingerprint density at radius 3 is 1.60 bits per heavy atom. The van der Waals surface area contributed by atoms with Crippen LogP contribution in [0.4, 0.5) is 0 Å². The molecule has 0 bridgehead atoms. The lowest BCUT2D eigenvalue weighted by Gasteiger charge is -2.32. The number of hydrogen-bond donors (Lipinski definition) is 3. The standard InChI is InChI=1S/C24H24O4.H2O2/c1-23(2,3)28-27-21-17-11-10-16-20(21)24(22(25)26,18-12-6-4-7-13-18)19-14-8-5-9-15-19;1-2/h4-17H,1-3H3,(H,25,26);1-2H. The van der Waals surface area contributed by atoms with E-state index in [4.69, 9.17) is 20.3 Å². The molecule has 0 fully saturated rings. The predicted octanol–water partition coefficient (Wildman–Crippen LogP) is 5.23. The van der Waals surface area contributed by atoms with E-state index < -0.39 is 17.0 Å². The minimum Gasteiger partial charge on any atom is -0.480 e. The summed E-state index contributed by atoms with van der Waals surface area (Å²) >= 11 is 0. The monoisotopic (exact) mass is 410 g/mol. The van der Waals surface area contributed by atoms with Gasteiger partial charge in [0.15, 0.2) is 5.75 Å². The van der Waals surface area contributed by atoms with Crippen molar-refractivity contribution in [3.05, 3.63) is 102 Å². The van der Waals surface area contributed by atoms with Crippen LogP contribution < -0.4 is 4.89 Å². The highest BCUT2D eigenvalue weighted by Gasteiger charge is 2.46. The van der Waals surface area contributed by atoms with Crippen LogP contribution in [0, 0.1) is 0 Å². The minimum atomic E-state index is -1.44. The zero-order valence-electron chi connectivity index (χ0n) is 17.1. The van der Waals surface area contributed by atoms with E-state index in [1.807, 2.05) is 87.5 Å². The van der Waals surface area contributed by atoms with Crippen LogP contribution in [-0.2, 0) is 15.1 Å². The number of benzene rings is 3. The normalized spacial score (nSPS) is 11.2. The molecule has 3 rings (SSSR count). The van der Waals surface area contributed by atoms with Crippen LogP contribution in [0.5, 0.6) is 5.75 Å². The largest absolute Gasteiger partial charge is 0.480 e. The van der Waals surface area contributed by atoms with E-state index in [0.29, 0.717) is 22.4 Å². The Morgan fingerprint density at radius 1 is 0.733 bits per heavy atom. The molecule has 0 heterocycles. The SMILES string of the molecule is CC(C)(C)OOc1ccccc1C(C(=O)O)(c1ccccc1)c1ccccc1.OO. The molecular formula is C24H26O6. The van der Waals surface area contributed by atoms with Gasteiger partial charge >= 0.3 is 5.97 Å². The molecule has 0 atom stereocenters. The number of para-hydroxylation sites is 1. The first kappa shape index (κ1) is 23.1. The van der Waals surface area contributed by atoms with E-state index in [2.05, 4.69) is 0 Å². The van der Waals surface area contributed by atoms with Gasteiger partial charge in [-0.25, -0.2) is 0 Å². The summed E-state index contributed by atoms with van der Waals surface area (Å²) in [7, 11) is 0. The molecule has 0 aliphatic carbocycles. The van der Waals surface area contributed by atoms with Gasteiger partial charge < -0.3 is 9.99 Å². The van der Waals surface area contributed by atoms with Crippen molar-refractivity contribution in [1.29, 1.82) is 0 Å². The van der Waals surface area contributed by atoms with E-state index in [1.165, 1.54) is 0 Å². The maximum Gasteiger partial charge on any atom is 0.323 e. The van der Waals surface area contributed by atoms with Crippen molar-refractivity contribution in [2.75, 3.05) is 0 Å². The van der Waals surface area contributed by atoms with Gasteiger partial charge in [-0.3, -0.25) is 15.3 Å². The maximum absolute atomic E-state index is 12.9. The van der Waals surface area contributed by atoms with Crippen molar-refractivity contribution < 1.29 is 30.2 Å². The quantitative estimate of drug-likeness (QED) is 0.292. The summed E-state index contributed by atoms with van der Waals surface area (Å²) in [4.78, 5) is 24.0. The fourth-order valence-corrected chi connectivity index (χ4v) is 3.24. The lowest BCUT2D eigenvalue weighted by atomic mass is 9.69. The van der Waals surface area contributed by atoms with Gasteiger partial charge in [0.05, 0.1) is 0 Å². The molecule has 6 heteroatoms. The molecule has 0 aromatic heterocycles. The van der Waals surface area contributed by atoms with E-state index >= 15 is 0 Å². The van der Waals surface area contributed by atoms with E-state index in [1.54, 1.807) is 18.2 Å². The molecule has 3 N–H and O–H groups in total. The fraction of sp³-hybridized carbons (Fsp3) is 0.208. The Morgan fingerprint density at radius 2 is 1.17 bits per heavy atom. The number of carbonyl (C=O) groups is 1. The molecule has 0 unspecified atom stereocenters. The Balaban J connectivity index is 0.00000155. The van der Waals surface area contributed by atoms with Crippen molar-refractivity contribution >= 4 is 5.97 Å². The molecule has 158 valence electrons. The summed E-state index contributed by atoms with van der Waals surface area (Å²) in [6.07, 6.45) is 0. The Hall–Kier alpha value is -3.19. The summed E-state index contributed by atoms with van der Waals surface area (Å²) in [5.41, 5.74) is -0.205. The Kier molecular flexibility index (Phi) is 7.72. The third-order valence-corrected chi connectivity index (χ3v) is 4.41. The van der Waals surface area contributed by atoms with Gasteiger partial charge in [0.2, 0.25) is 0 Å². The molecule has 0 saturated carbocycles. The molecular weight excluding hydrogens is 384 g/mol. The number of hydrogen-bond acceptors (Lipinski definition) is 5. The average molecular weight is 410 g/mol. The molecule has 0 amide bonds. The molecule has 6 nitrogen and oxygen atoms in total. The molecule has 0 radical (unpaired) electrons. The van der Waals surface area contributed by atoms with Gasteiger partial charge in [0.25, 0.3) is 0 Å². The number of aliphatic carboxylic acids is 1. The third kappa shape index (κ3) is 4.86. The third-order valence-electron chi connectivity index (χ3n) is 4.41. The first-order chi connectivity index (χ1) is 14.4. The smallest absolute Gasteiger partial charge is 0.323 e. The molecule has 0 saturated heterocycles. The summed E-state index contributed by atoms with van der Waals surface area (Å²) in [6, 6.07) is 25.5. The second-order valence-corrected chi connectivity index (χ2v) is 7.56. The van der Waals surface area contributed by atoms with Crippen molar-refractivity contribution in [3.8, 4) is 5.75 Å². The lowest BCUT2D eigenvalue weighted by molar-refractivity contribution is -0.275. The van der Waals surface area contributed by atoms with Crippen LogP contribution in [0.2, 0.25) is 0 Å². The van der Waals surface area contributed by atoms with Gasteiger partial charge in [-0.2, -0.15) is 4.89 Å². The first-order valence-electron chi connectivity index (χ1n) is 9.35. The number of carboxylic acids is 1. The van der Waals surface area contributed by atoms with Crippen molar-refractivity contribution in [2.24, 2.45) is 0 Å². The molecule has 3 aromatic carbocycles. The topological polar surface area (TPSA) is 96.2 Å². The molecule has 30 heavy (non-hydrogen) atoms. The van der Waals surface area contributed by atoms with Gasteiger partial charge in [-0.15, -0.1) is 0 Å². The molecule has 0 aliphatic heterocycles. The van der Waals surface area contributed by atoms with Crippen molar-refractivity contribution in [2.45, 2.75) is 31.8 Å². The van der Waals surface area contributed by atoms with Crippen LogP contribution >= 0.6 is 0 Å². The minimum absolute atomic E-state index is 0.368. The molecule has 3 aromatic rings. The van der Waals surface area contributed by atoms with Gasteiger partial charge in [-0.1, -0.05) is 78.9 Å². The average Bonchev–Trinajstić information content (AvgIpc) is 2.76. The fourth-order valence-electron chi connectivity index (χ4n) is 3.24. The maximum atomic E-state index is 12.9. The highest BCUT2D eigenvalue weighted by atomic mass is 17.2. The van der Waals surface area contributed by atoms with Gasteiger partial charge in [0, 0.05) is 5.56 Å². The van der Waals surface area contributed by atoms with Crippen LogP contribution in [0.25, 0.3) is 0 Å². The van der Waals surface area contributed by atoms with Crippen molar-refractivity contribution in [3.63, 3.8) is 0 Å². The second-order valence-electron chi connectivity index (χ2n) is 7.56. The van der Waals surface area contributed by atoms with Crippen LogP contribution in [-0.4, -0.2) is 27.2 Å². The summed E-state index contributed by atoms with van der Waals surface area (Å²) in [5.74, 6) is -0.621. The summed E-state index contributed by atoms with van der Waals surface area (Å²) in [6.45, 7) is 5.61. The predicted molar refractivity (Wildman–Crippen MR) is 114 cm³/mol.